The third kappa shape index (κ3) is 4.63. The first kappa shape index (κ1) is 20.8. The Labute approximate surface area is 140 Å². The van der Waals surface area contributed by atoms with Gasteiger partial charge in [0.05, 0.1) is 0 Å². The van der Waals surface area contributed by atoms with E-state index in [0.717, 1.165) is 18.4 Å². The molecule has 0 saturated carbocycles. The molecule has 0 unspecified atom stereocenters. The molecule has 0 saturated heterocycles. The first-order valence-corrected chi connectivity index (χ1v) is 8.81. The molecule has 0 bridgehead atoms. The molecule has 2 N–H and O–H groups in total. The lowest BCUT2D eigenvalue weighted by Gasteiger charge is -2.24. The molecule has 24 heavy (non-hydrogen) atoms. The van der Waals surface area contributed by atoms with E-state index in [0.29, 0.717) is 5.75 Å². The van der Waals surface area contributed by atoms with Crippen LogP contribution in [0, 0.1) is 0 Å². The van der Waals surface area contributed by atoms with Gasteiger partial charge in [0.1, 0.15) is 5.75 Å². The number of fused-ring (bicyclic) bond motifs is 1. The fourth-order valence-corrected chi connectivity index (χ4v) is 2.53. The molecule has 1 aromatic rings. The van der Waals surface area contributed by atoms with Gasteiger partial charge in [0, 0.05) is 0 Å². The average molecular weight is 368 g/mol. The second-order valence-electron chi connectivity index (χ2n) is 7.58. The Morgan fingerprint density at radius 3 is 1.96 bits per heavy atom. The summed E-state index contributed by atoms with van der Waals surface area (Å²) in [6.45, 7) is 11.1. The summed E-state index contributed by atoms with van der Waals surface area (Å²) in [6.07, 6.45) is 2.15. The summed E-state index contributed by atoms with van der Waals surface area (Å²) in [5, 5.41) is 10.1. The van der Waals surface area contributed by atoms with Crippen molar-refractivity contribution in [1.29, 1.82) is 0 Å². The summed E-state index contributed by atoms with van der Waals surface area (Å²) in [6, 6.07) is 4.24. The quantitative estimate of drug-likeness (QED) is 0.529. The Morgan fingerprint density at radius 1 is 1.12 bits per heavy atom. The molecule has 1 aliphatic rings. The van der Waals surface area contributed by atoms with Crippen molar-refractivity contribution in [2.24, 2.45) is 0 Å². The average Bonchev–Trinajstić information content (AvgIpc) is 2.63. The highest BCUT2D eigenvalue weighted by Crippen LogP contribution is 2.44. The van der Waals surface area contributed by atoms with Gasteiger partial charge >= 0.3 is 15.6 Å². The van der Waals surface area contributed by atoms with Crippen molar-refractivity contribution in [3.8, 4) is 5.75 Å². The largest absolute Gasteiger partial charge is 0.522 e. The number of phenolic OH excluding ortho intramolecular Hbond substituents is 1. The van der Waals surface area contributed by atoms with Crippen LogP contribution in [0.25, 0.3) is 0 Å². The predicted molar refractivity (Wildman–Crippen MR) is 85.8 cm³/mol. The van der Waals surface area contributed by atoms with Crippen LogP contribution in [0.2, 0.25) is 0 Å². The molecule has 138 valence electrons. The van der Waals surface area contributed by atoms with Gasteiger partial charge in [-0.1, -0.05) is 40.7 Å². The van der Waals surface area contributed by atoms with Gasteiger partial charge in [0.2, 0.25) is 0 Å². The smallest absolute Gasteiger partial charge is 0.508 e. The Kier molecular flexibility index (Phi) is 5.38. The van der Waals surface area contributed by atoms with E-state index in [2.05, 4.69) is 40.7 Å². The van der Waals surface area contributed by atoms with Crippen LogP contribution in [0.5, 0.6) is 5.75 Å². The van der Waals surface area contributed by atoms with Gasteiger partial charge < -0.3 is 5.11 Å². The molecule has 0 aromatic heterocycles. The van der Waals surface area contributed by atoms with E-state index in [1.807, 2.05) is 6.07 Å². The number of alkyl halides is 3. The molecule has 1 aromatic carbocycles. The Bertz CT molecular complexity index is 714. The summed E-state index contributed by atoms with van der Waals surface area (Å²) in [5.41, 5.74) is -1.47. The molecule has 1 aliphatic carbocycles. The highest BCUT2D eigenvalue weighted by molar-refractivity contribution is 7.86. The fraction of sp³-hybridized carbons (Fsp3) is 0.625. The number of hydrogen-bond acceptors (Lipinski definition) is 3. The topological polar surface area (TPSA) is 74.6 Å². The van der Waals surface area contributed by atoms with Crippen LogP contribution in [0.15, 0.2) is 12.1 Å². The Morgan fingerprint density at radius 2 is 1.58 bits per heavy atom. The Balaban J connectivity index is 0.000000307. The van der Waals surface area contributed by atoms with E-state index in [1.165, 1.54) is 11.1 Å². The number of benzene rings is 1. The number of halogens is 3. The van der Waals surface area contributed by atoms with Crippen molar-refractivity contribution in [1.82, 2.24) is 0 Å². The molecular weight excluding hydrogens is 345 g/mol. The van der Waals surface area contributed by atoms with Gasteiger partial charge in [-0.05, 0) is 46.4 Å². The monoisotopic (exact) mass is 368 g/mol. The fourth-order valence-electron chi connectivity index (χ4n) is 2.53. The summed E-state index contributed by atoms with van der Waals surface area (Å²) < 4.78 is 57.5. The summed E-state index contributed by atoms with van der Waals surface area (Å²) in [4.78, 5) is 0. The van der Waals surface area contributed by atoms with E-state index in [4.69, 9.17) is 13.0 Å². The van der Waals surface area contributed by atoms with Crippen molar-refractivity contribution < 1.29 is 31.2 Å². The van der Waals surface area contributed by atoms with Crippen molar-refractivity contribution in [3.05, 3.63) is 28.8 Å². The summed E-state index contributed by atoms with van der Waals surface area (Å²) >= 11 is 0. The van der Waals surface area contributed by atoms with Crippen molar-refractivity contribution in [3.63, 3.8) is 0 Å². The van der Waals surface area contributed by atoms with Gasteiger partial charge in [-0.15, -0.1) is 0 Å². The van der Waals surface area contributed by atoms with Gasteiger partial charge in [0.25, 0.3) is 0 Å². The van der Waals surface area contributed by atoms with E-state index in [1.54, 1.807) is 0 Å². The first-order valence-electron chi connectivity index (χ1n) is 7.37. The minimum atomic E-state index is -5.84. The highest BCUT2D eigenvalue weighted by atomic mass is 32.2. The normalized spacial score (nSPS) is 17.0. The van der Waals surface area contributed by atoms with Crippen LogP contribution in [0.3, 0.4) is 0 Å². The van der Waals surface area contributed by atoms with Crippen LogP contribution >= 0.6 is 0 Å². The molecule has 0 heterocycles. The zero-order valence-corrected chi connectivity index (χ0v) is 15.1. The van der Waals surface area contributed by atoms with E-state index < -0.39 is 15.6 Å². The maximum atomic E-state index is 10.7. The molecule has 0 atom stereocenters. The third-order valence-electron chi connectivity index (χ3n) is 4.11. The zero-order chi connectivity index (χ0) is 19.1. The second-order valence-corrected chi connectivity index (χ2v) is 8.99. The molecule has 0 radical (unpaired) electrons. The minimum absolute atomic E-state index is 0.102. The maximum absolute atomic E-state index is 10.7. The third-order valence-corrected chi connectivity index (χ3v) is 4.70. The van der Waals surface area contributed by atoms with Crippen LogP contribution < -0.4 is 0 Å². The number of aromatic hydroxyl groups is 1. The van der Waals surface area contributed by atoms with E-state index in [-0.39, 0.29) is 10.8 Å². The predicted octanol–water partition coefficient (Wildman–Crippen LogP) is 4.31. The Hall–Kier alpha value is -1.28. The molecule has 2 rings (SSSR count). The maximum Gasteiger partial charge on any atom is 0.522 e. The minimum Gasteiger partial charge on any atom is -0.508 e. The van der Waals surface area contributed by atoms with Crippen LogP contribution in [0.1, 0.15) is 57.7 Å². The SMILES string of the molecule is CC(C)(C)c1cc(O)c2c(c1)C(C)(C)CC2.O=S(=O)(O)C(F)(F)F. The molecular formula is C16H23F3O4S. The molecule has 8 heteroatoms. The van der Waals surface area contributed by atoms with Gasteiger partial charge in [-0.3, -0.25) is 4.55 Å². The zero-order valence-electron chi connectivity index (χ0n) is 14.3. The van der Waals surface area contributed by atoms with Crippen molar-refractivity contribution in [2.75, 3.05) is 0 Å². The summed E-state index contributed by atoms with van der Waals surface area (Å²) in [7, 11) is -5.84. The first-order chi connectivity index (χ1) is 10.5. The number of rotatable bonds is 0. The molecule has 0 fully saturated rings. The standard InChI is InChI=1S/C15H22O.CHF3O3S/c1-14(2,3)10-8-12-11(13(16)9-10)6-7-15(12,4)5;2-1(3,4)8(5,6)7/h8-9,16H,6-7H2,1-5H3;(H,5,6,7). The number of phenols is 1. The van der Waals surface area contributed by atoms with E-state index in [9.17, 15) is 18.3 Å². The lowest BCUT2D eigenvalue weighted by molar-refractivity contribution is -0.0510. The second kappa shape index (κ2) is 6.22. The number of hydrogen-bond donors (Lipinski definition) is 2. The molecule has 4 nitrogen and oxygen atoms in total. The van der Waals surface area contributed by atoms with Gasteiger partial charge in [-0.2, -0.15) is 21.6 Å². The highest BCUT2D eigenvalue weighted by Gasteiger charge is 2.44. The molecule has 0 amide bonds. The van der Waals surface area contributed by atoms with Crippen molar-refractivity contribution >= 4 is 10.1 Å². The van der Waals surface area contributed by atoms with Crippen LogP contribution in [0.4, 0.5) is 13.2 Å². The van der Waals surface area contributed by atoms with Gasteiger partial charge in [-0.25, -0.2) is 0 Å². The van der Waals surface area contributed by atoms with Gasteiger partial charge in [0.15, 0.2) is 0 Å². The van der Waals surface area contributed by atoms with Crippen LogP contribution in [-0.2, 0) is 27.4 Å². The summed E-state index contributed by atoms with van der Waals surface area (Å²) in [5.74, 6) is 0.494. The lowest BCUT2D eigenvalue weighted by atomic mass is 9.80. The lowest BCUT2D eigenvalue weighted by Crippen LogP contribution is -2.21. The van der Waals surface area contributed by atoms with Crippen LogP contribution in [-0.4, -0.2) is 23.6 Å². The molecule has 0 spiro atoms. The molecule has 0 aliphatic heterocycles. The van der Waals surface area contributed by atoms with Crippen molar-refractivity contribution in [2.45, 2.75) is 63.8 Å². The van der Waals surface area contributed by atoms with E-state index >= 15 is 0 Å².